The third-order valence-corrected chi connectivity index (χ3v) is 4.01. The molecule has 21 heavy (non-hydrogen) atoms. The lowest BCUT2D eigenvalue weighted by Crippen LogP contribution is -2.45. The second kappa shape index (κ2) is 6.98. The van der Waals surface area contributed by atoms with Crippen molar-refractivity contribution < 1.29 is 14.6 Å². The number of aliphatic hydroxyl groups is 1. The van der Waals surface area contributed by atoms with Crippen LogP contribution in [0.15, 0.2) is 12.1 Å². The monoisotopic (exact) mass is 313 g/mol. The molecule has 0 spiro atoms. The van der Waals surface area contributed by atoms with Crippen LogP contribution in [0, 0.1) is 5.92 Å². The second-order valence-corrected chi connectivity index (χ2v) is 5.51. The third kappa shape index (κ3) is 3.78. The van der Waals surface area contributed by atoms with E-state index in [0.717, 1.165) is 13.0 Å². The van der Waals surface area contributed by atoms with Gasteiger partial charge in [0, 0.05) is 25.1 Å². The number of aliphatic hydroxyl groups excluding tert-OH is 1. The quantitative estimate of drug-likeness (QED) is 0.611. The van der Waals surface area contributed by atoms with Crippen LogP contribution in [0.4, 0.5) is 5.69 Å². The predicted octanol–water partition coefficient (Wildman–Crippen LogP) is 0.631. The molecule has 0 radical (unpaired) electrons. The summed E-state index contributed by atoms with van der Waals surface area (Å²) < 4.78 is 5.16. The van der Waals surface area contributed by atoms with Crippen molar-refractivity contribution in [2.24, 2.45) is 5.92 Å². The number of ether oxygens (including phenoxy) is 1. The molecular formula is C14H20ClN3O3. The van der Waals surface area contributed by atoms with Crippen LogP contribution >= 0.6 is 11.6 Å². The molecule has 5 N–H and O–H groups in total. The summed E-state index contributed by atoms with van der Waals surface area (Å²) in [5.41, 5.74) is 6.38. The van der Waals surface area contributed by atoms with Crippen LogP contribution in [0.25, 0.3) is 0 Å². The van der Waals surface area contributed by atoms with Crippen LogP contribution in [0.2, 0.25) is 5.02 Å². The molecule has 1 fully saturated rings. The van der Waals surface area contributed by atoms with Gasteiger partial charge in [0.1, 0.15) is 5.75 Å². The van der Waals surface area contributed by atoms with Crippen molar-refractivity contribution in [3.05, 3.63) is 22.7 Å². The van der Waals surface area contributed by atoms with Crippen LogP contribution in [-0.4, -0.2) is 43.9 Å². The molecule has 1 aromatic carbocycles. The van der Waals surface area contributed by atoms with Gasteiger partial charge in [-0.2, -0.15) is 0 Å². The number of carbonyl (C=O) groups is 1. The summed E-state index contributed by atoms with van der Waals surface area (Å²) in [7, 11) is 1.47. The fourth-order valence-electron chi connectivity index (χ4n) is 2.37. The number of nitrogens with one attached hydrogen (secondary N) is 2. The largest absolute Gasteiger partial charge is 0.496 e. The van der Waals surface area contributed by atoms with Crippen molar-refractivity contribution in [1.82, 2.24) is 10.6 Å². The van der Waals surface area contributed by atoms with E-state index in [4.69, 9.17) is 22.1 Å². The van der Waals surface area contributed by atoms with E-state index in [-0.39, 0.29) is 11.8 Å². The Balaban J connectivity index is 2.04. The van der Waals surface area contributed by atoms with Crippen molar-refractivity contribution in [3.63, 3.8) is 0 Å². The highest BCUT2D eigenvalue weighted by Gasteiger charge is 2.24. The smallest absolute Gasteiger partial charge is 0.255 e. The van der Waals surface area contributed by atoms with E-state index >= 15 is 0 Å². The minimum Gasteiger partial charge on any atom is -0.496 e. The molecule has 0 saturated carbocycles. The summed E-state index contributed by atoms with van der Waals surface area (Å²) in [5, 5.41) is 16.1. The Hall–Kier alpha value is -1.50. The van der Waals surface area contributed by atoms with Crippen LogP contribution < -0.4 is 21.1 Å². The molecule has 7 heteroatoms. The first-order valence-corrected chi connectivity index (χ1v) is 7.20. The third-order valence-electron chi connectivity index (χ3n) is 3.68. The zero-order valence-electron chi connectivity index (χ0n) is 11.9. The van der Waals surface area contributed by atoms with E-state index in [0.29, 0.717) is 35.1 Å². The Kier molecular flexibility index (Phi) is 5.27. The normalized spacial score (nSPS) is 21.9. The van der Waals surface area contributed by atoms with Crippen LogP contribution in [-0.2, 0) is 0 Å². The molecule has 1 aromatic rings. The number of anilines is 1. The fourth-order valence-corrected chi connectivity index (χ4v) is 2.53. The lowest BCUT2D eigenvalue weighted by molar-refractivity contribution is 0.0752. The minimum atomic E-state index is -0.448. The maximum absolute atomic E-state index is 12.2. The molecule has 1 aliphatic heterocycles. The molecular weight excluding hydrogens is 294 g/mol. The number of hydrogen-bond donors (Lipinski definition) is 4. The Bertz CT molecular complexity index is 524. The molecule has 0 unspecified atom stereocenters. The fraction of sp³-hybridized carbons (Fsp3) is 0.500. The van der Waals surface area contributed by atoms with Gasteiger partial charge in [-0.15, -0.1) is 0 Å². The van der Waals surface area contributed by atoms with E-state index in [1.165, 1.54) is 19.2 Å². The van der Waals surface area contributed by atoms with Crippen LogP contribution in [0.1, 0.15) is 16.8 Å². The first-order chi connectivity index (χ1) is 10.0. The topological polar surface area (TPSA) is 96.6 Å². The van der Waals surface area contributed by atoms with Crippen molar-refractivity contribution in [3.8, 4) is 5.75 Å². The maximum Gasteiger partial charge on any atom is 0.255 e. The Labute approximate surface area is 128 Å². The Morgan fingerprint density at radius 1 is 1.62 bits per heavy atom. The van der Waals surface area contributed by atoms with E-state index < -0.39 is 6.10 Å². The molecule has 0 aromatic heterocycles. The molecule has 2 rings (SSSR count). The number of benzene rings is 1. The van der Waals surface area contributed by atoms with Gasteiger partial charge in [0.2, 0.25) is 0 Å². The Morgan fingerprint density at radius 2 is 2.38 bits per heavy atom. The van der Waals surface area contributed by atoms with Crippen LogP contribution in [0.3, 0.4) is 0 Å². The molecule has 116 valence electrons. The molecule has 1 amide bonds. The van der Waals surface area contributed by atoms with E-state index in [1.807, 2.05) is 0 Å². The average molecular weight is 314 g/mol. The van der Waals surface area contributed by atoms with Gasteiger partial charge in [0.05, 0.1) is 29.5 Å². The second-order valence-electron chi connectivity index (χ2n) is 5.10. The number of carbonyl (C=O) groups excluding carboxylic acids is 1. The summed E-state index contributed by atoms with van der Waals surface area (Å²) in [6.45, 7) is 1.80. The van der Waals surface area contributed by atoms with Gasteiger partial charge in [-0.3, -0.25) is 4.79 Å². The molecule has 1 aliphatic rings. The van der Waals surface area contributed by atoms with Gasteiger partial charge in [0.25, 0.3) is 5.91 Å². The standard InChI is InChI=1S/C14H20ClN3O3/c1-21-13-5-11(16)10(15)4-9(13)14(20)18-6-8-2-3-17-7-12(8)19/h4-5,8,12,17,19H,2-3,6-7,16H2,1H3,(H,18,20)/t8-,12-/m1/s1. The van der Waals surface area contributed by atoms with Gasteiger partial charge in [-0.05, 0) is 19.0 Å². The molecule has 0 bridgehead atoms. The highest BCUT2D eigenvalue weighted by atomic mass is 35.5. The summed E-state index contributed by atoms with van der Waals surface area (Å²) in [6, 6.07) is 3.01. The molecule has 0 aliphatic carbocycles. The van der Waals surface area contributed by atoms with Gasteiger partial charge < -0.3 is 26.2 Å². The van der Waals surface area contributed by atoms with Crippen LogP contribution in [0.5, 0.6) is 5.75 Å². The zero-order chi connectivity index (χ0) is 15.4. The first kappa shape index (κ1) is 15.9. The Morgan fingerprint density at radius 3 is 3.05 bits per heavy atom. The molecule has 1 saturated heterocycles. The number of rotatable bonds is 4. The predicted molar refractivity (Wildman–Crippen MR) is 81.7 cm³/mol. The van der Waals surface area contributed by atoms with Gasteiger partial charge >= 0.3 is 0 Å². The van der Waals surface area contributed by atoms with Gasteiger partial charge in [-0.25, -0.2) is 0 Å². The highest BCUT2D eigenvalue weighted by Crippen LogP contribution is 2.28. The lowest BCUT2D eigenvalue weighted by atomic mass is 9.95. The average Bonchev–Trinajstić information content (AvgIpc) is 2.48. The van der Waals surface area contributed by atoms with Gasteiger partial charge in [0.15, 0.2) is 0 Å². The van der Waals surface area contributed by atoms with Crippen molar-refractivity contribution in [2.75, 3.05) is 32.5 Å². The first-order valence-electron chi connectivity index (χ1n) is 6.83. The minimum absolute atomic E-state index is 0.0467. The number of hydrogen-bond acceptors (Lipinski definition) is 5. The number of halogens is 1. The maximum atomic E-state index is 12.2. The highest BCUT2D eigenvalue weighted by molar-refractivity contribution is 6.33. The number of nitrogens with two attached hydrogens (primary N) is 1. The van der Waals surface area contributed by atoms with Crippen molar-refractivity contribution in [1.29, 1.82) is 0 Å². The number of nitrogen functional groups attached to an aromatic ring is 1. The van der Waals surface area contributed by atoms with Crippen molar-refractivity contribution in [2.45, 2.75) is 12.5 Å². The molecule has 2 atom stereocenters. The number of methoxy groups -OCH3 is 1. The summed E-state index contributed by atoms with van der Waals surface area (Å²) in [4.78, 5) is 12.2. The summed E-state index contributed by atoms with van der Waals surface area (Å²) >= 11 is 5.95. The number of β-amino-alcohol motifs (C(OH)–C–C–N with tert-alkyl or cyclic N) is 1. The molecule has 1 heterocycles. The number of piperidine rings is 1. The molecule has 6 nitrogen and oxygen atoms in total. The van der Waals surface area contributed by atoms with E-state index in [1.54, 1.807) is 0 Å². The van der Waals surface area contributed by atoms with Gasteiger partial charge in [-0.1, -0.05) is 11.6 Å². The van der Waals surface area contributed by atoms with E-state index in [9.17, 15) is 9.90 Å². The van der Waals surface area contributed by atoms with E-state index in [2.05, 4.69) is 10.6 Å². The zero-order valence-corrected chi connectivity index (χ0v) is 12.6. The lowest BCUT2D eigenvalue weighted by Gasteiger charge is -2.28. The number of amides is 1. The summed E-state index contributed by atoms with van der Waals surface area (Å²) in [6.07, 6.45) is 0.372. The van der Waals surface area contributed by atoms with Crippen molar-refractivity contribution >= 4 is 23.2 Å². The SMILES string of the molecule is COc1cc(N)c(Cl)cc1C(=O)NC[C@H]1CCNC[C@H]1O. The summed E-state index contributed by atoms with van der Waals surface area (Å²) in [5.74, 6) is 0.130.